The standard InChI is InChI=1S/C17H31N3/c1-3-12-20-13-11-19-17(20)14-16(18-2)10-9-15-7-5-4-6-8-15/h11,13,15-16,18H,3-10,12,14H2,1-2H3. The van der Waals surface area contributed by atoms with Gasteiger partial charge in [-0.2, -0.15) is 0 Å². The van der Waals surface area contributed by atoms with E-state index in [0.717, 1.165) is 18.9 Å². The van der Waals surface area contributed by atoms with Crippen LogP contribution in [0.4, 0.5) is 0 Å². The highest BCUT2D eigenvalue weighted by Gasteiger charge is 2.17. The van der Waals surface area contributed by atoms with E-state index in [1.54, 1.807) is 0 Å². The molecule has 3 heteroatoms. The zero-order valence-electron chi connectivity index (χ0n) is 13.3. The number of hydrogen-bond acceptors (Lipinski definition) is 2. The molecule has 0 aliphatic heterocycles. The summed E-state index contributed by atoms with van der Waals surface area (Å²) in [6.07, 6.45) is 16.3. The van der Waals surface area contributed by atoms with E-state index < -0.39 is 0 Å². The first-order valence-corrected chi connectivity index (χ1v) is 8.50. The lowest BCUT2D eigenvalue weighted by Gasteiger charge is -2.24. The van der Waals surface area contributed by atoms with E-state index in [-0.39, 0.29) is 0 Å². The van der Waals surface area contributed by atoms with Crippen LogP contribution < -0.4 is 5.32 Å². The van der Waals surface area contributed by atoms with Crippen molar-refractivity contribution >= 4 is 0 Å². The molecule has 1 aromatic heterocycles. The Labute approximate surface area is 124 Å². The van der Waals surface area contributed by atoms with Gasteiger partial charge in [-0.1, -0.05) is 39.0 Å². The Hall–Kier alpha value is -0.830. The van der Waals surface area contributed by atoms with Crippen LogP contribution in [0.15, 0.2) is 12.4 Å². The fourth-order valence-corrected chi connectivity index (χ4v) is 3.46. The molecule has 0 radical (unpaired) electrons. The third-order valence-electron chi connectivity index (χ3n) is 4.75. The van der Waals surface area contributed by atoms with Crippen molar-refractivity contribution in [2.24, 2.45) is 5.92 Å². The number of imidazole rings is 1. The molecule has 1 aliphatic carbocycles. The van der Waals surface area contributed by atoms with Gasteiger partial charge in [0, 0.05) is 31.4 Å². The number of rotatable bonds is 8. The molecule has 1 fully saturated rings. The summed E-state index contributed by atoms with van der Waals surface area (Å²) in [5.41, 5.74) is 0. The smallest absolute Gasteiger partial charge is 0.110 e. The predicted octanol–water partition coefficient (Wildman–Crippen LogP) is 3.78. The molecule has 1 N–H and O–H groups in total. The maximum Gasteiger partial charge on any atom is 0.110 e. The summed E-state index contributed by atoms with van der Waals surface area (Å²) >= 11 is 0. The third kappa shape index (κ3) is 4.62. The minimum atomic E-state index is 0.579. The lowest BCUT2D eigenvalue weighted by molar-refractivity contribution is 0.314. The van der Waals surface area contributed by atoms with Gasteiger partial charge < -0.3 is 9.88 Å². The number of likely N-dealkylation sites (N-methyl/N-ethyl adjacent to an activating group) is 1. The topological polar surface area (TPSA) is 29.9 Å². The predicted molar refractivity (Wildman–Crippen MR) is 84.9 cm³/mol. The summed E-state index contributed by atoms with van der Waals surface area (Å²) in [4.78, 5) is 4.54. The molecule has 114 valence electrons. The first-order valence-electron chi connectivity index (χ1n) is 8.50. The maximum absolute atomic E-state index is 4.54. The van der Waals surface area contributed by atoms with Crippen LogP contribution in [0.1, 0.15) is 64.1 Å². The molecular weight excluding hydrogens is 246 g/mol. The zero-order chi connectivity index (χ0) is 14.2. The average molecular weight is 277 g/mol. The lowest BCUT2D eigenvalue weighted by Crippen LogP contribution is -2.29. The first kappa shape index (κ1) is 15.6. The quantitative estimate of drug-likeness (QED) is 0.783. The summed E-state index contributed by atoms with van der Waals surface area (Å²) in [5.74, 6) is 2.23. The summed E-state index contributed by atoms with van der Waals surface area (Å²) in [6.45, 7) is 3.32. The first-order chi connectivity index (χ1) is 9.83. The van der Waals surface area contributed by atoms with Crippen molar-refractivity contribution in [2.75, 3.05) is 7.05 Å². The molecule has 0 bridgehead atoms. The minimum absolute atomic E-state index is 0.579. The molecule has 1 heterocycles. The van der Waals surface area contributed by atoms with Crippen LogP contribution in [0.25, 0.3) is 0 Å². The van der Waals surface area contributed by atoms with Crippen molar-refractivity contribution in [1.29, 1.82) is 0 Å². The molecule has 0 amide bonds. The molecule has 1 unspecified atom stereocenters. The van der Waals surface area contributed by atoms with Gasteiger partial charge in [-0.05, 0) is 32.2 Å². The Kier molecular flexibility index (Phi) is 6.58. The van der Waals surface area contributed by atoms with Crippen molar-refractivity contribution in [1.82, 2.24) is 14.9 Å². The Morgan fingerprint density at radius 2 is 2.15 bits per heavy atom. The molecule has 0 aromatic carbocycles. The normalized spacial score (nSPS) is 18.3. The van der Waals surface area contributed by atoms with Crippen LogP contribution in [-0.4, -0.2) is 22.6 Å². The van der Waals surface area contributed by atoms with Crippen LogP contribution in [-0.2, 0) is 13.0 Å². The van der Waals surface area contributed by atoms with E-state index in [1.165, 1.54) is 57.2 Å². The van der Waals surface area contributed by atoms with Crippen LogP contribution in [0, 0.1) is 5.92 Å². The van der Waals surface area contributed by atoms with Gasteiger partial charge in [0.15, 0.2) is 0 Å². The van der Waals surface area contributed by atoms with Crippen molar-refractivity contribution in [2.45, 2.75) is 77.3 Å². The van der Waals surface area contributed by atoms with Crippen molar-refractivity contribution in [3.05, 3.63) is 18.2 Å². The van der Waals surface area contributed by atoms with Crippen molar-refractivity contribution in [3.63, 3.8) is 0 Å². The van der Waals surface area contributed by atoms with E-state index >= 15 is 0 Å². The molecule has 0 saturated heterocycles. The molecular formula is C17H31N3. The number of hydrogen-bond donors (Lipinski definition) is 1. The van der Waals surface area contributed by atoms with Gasteiger partial charge in [-0.25, -0.2) is 4.98 Å². The minimum Gasteiger partial charge on any atom is -0.335 e. The summed E-state index contributed by atoms with van der Waals surface area (Å²) in [5, 5.41) is 3.50. The highest BCUT2D eigenvalue weighted by molar-refractivity contribution is 4.95. The van der Waals surface area contributed by atoms with Gasteiger partial charge in [0.25, 0.3) is 0 Å². The van der Waals surface area contributed by atoms with Gasteiger partial charge in [0.05, 0.1) is 0 Å². The molecule has 1 atom stereocenters. The Balaban J connectivity index is 1.80. The second-order valence-corrected chi connectivity index (χ2v) is 6.31. The SMILES string of the molecule is CCCn1ccnc1CC(CCC1CCCCC1)NC. The largest absolute Gasteiger partial charge is 0.335 e. The van der Waals surface area contributed by atoms with Gasteiger partial charge in [-0.15, -0.1) is 0 Å². The van der Waals surface area contributed by atoms with E-state index in [9.17, 15) is 0 Å². The van der Waals surface area contributed by atoms with E-state index in [0.29, 0.717) is 6.04 Å². The maximum atomic E-state index is 4.54. The number of nitrogens with zero attached hydrogens (tertiary/aromatic N) is 2. The van der Waals surface area contributed by atoms with Crippen molar-refractivity contribution < 1.29 is 0 Å². The molecule has 1 aliphatic rings. The molecule has 0 spiro atoms. The average Bonchev–Trinajstić information content (AvgIpc) is 2.92. The van der Waals surface area contributed by atoms with E-state index in [4.69, 9.17) is 0 Å². The number of aryl methyl sites for hydroxylation is 1. The third-order valence-corrected chi connectivity index (χ3v) is 4.75. The van der Waals surface area contributed by atoms with Crippen LogP contribution >= 0.6 is 0 Å². The van der Waals surface area contributed by atoms with Gasteiger partial charge in [0.2, 0.25) is 0 Å². The zero-order valence-corrected chi connectivity index (χ0v) is 13.3. The van der Waals surface area contributed by atoms with E-state index in [1.807, 2.05) is 6.20 Å². The highest BCUT2D eigenvalue weighted by atomic mass is 15.1. The number of aromatic nitrogens is 2. The molecule has 1 saturated carbocycles. The summed E-state index contributed by atoms with van der Waals surface area (Å²) < 4.78 is 2.31. The van der Waals surface area contributed by atoms with Gasteiger partial charge in [0.1, 0.15) is 5.82 Å². The molecule has 1 aromatic rings. The van der Waals surface area contributed by atoms with Crippen LogP contribution in [0.5, 0.6) is 0 Å². The summed E-state index contributed by atoms with van der Waals surface area (Å²) in [6, 6.07) is 0.579. The lowest BCUT2D eigenvalue weighted by atomic mass is 9.85. The van der Waals surface area contributed by atoms with E-state index in [2.05, 4.69) is 35.0 Å². The second-order valence-electron chi connectivity index (χ2n) is 6.31. The van der Waals surface area contributed by atoms with Crippen LogP contribution in [0.3, 0.4) is 0 Å². The highest BCUT2D eigenvalue weighted by Crippen LogP contribution is 2.28. The molecule has 3 nitrogen and oxygen atoms in total. The Bertz CT molecular complexity index is 366. The van der Waals surface area contributed by atoms with Gasteiger partial charge in [-0.3, -0.25) is 0 Å². The molecule has 2 rings (SSSR count). The Morgan fingerprint density at radius 3 is 2.85 bits per heavy atom. The monoisotopic (exact) mass is 277 g/mol. The van der Waals surface area contributed by atoms with Gasteiger partial charge >= 0.3 is 0 Å². The fourth-order valence-electron chi connectivity index (χ4n) is 3.46. The second kappa shape index (κ2) is 8.46. The fraction of sp³-hybridized carbons (Fsp3) is 0.824. The number of nitrogens with one attached hydrogen (secondary N) is 1. The molecule has 20 heavy (non-hydrogen) atoms. The summed E-state index contributed by atoms with van der Waals surface area (Å²) in [7, 11) is 2.10. The van der Waals surface area contributed by atoms with Crippen molar-refractivity contribution in [3.8, 4) is 0 Å². The van der Waals surface area contributed by atoms with Crippen LogP contribution in [0.2, 0.25) is 0 Å². The Morgan fingerprint density at radius 1 is 1.35 bits per heavy atom.